The largest absolute Gasteiger partial charge is 0.393 e. The summed E-state index contributed by atoms with van der Waals surface area (Å²) in [6, 6.07) is 6.02. The Morgan fingerprint density at radius 1 is 1.43 bits per heavy atom. The van der Waals surface area contributed by atoms with Gasteiger partial charge in [0, 0.05) is 31.8 Å². The lowest BCUT2D eigenvalue weighted by atomic mass is 9.82. The zero-order valence-electron chi connectivity index (χ0n) is 11.8. The first-order chi connectivity index (χ1) is 9.95. The highest BCUT2D eigenvalue weighted by molar-refractivity contribution is 5.91. The number of nitrogens with zero attached hydrogens (tertiary/aromatic N) is 2. The van der Waals surface area contributed by atoms with Crippen LogP contribution in [-0.2, 0) is 4.79 Å². The maximum absolute atomic E-state index is 11.9. The van der Waals surface area contributed by atoms with Crippen LogP contribution >= 0.6 is 0 Å². The van der Waals surface area contributed by atoms with Crippen LogP contribution in [0, 0.1) is 16.0 Å². The first kappa shape index (κ1) is 15.2. The third kappa shape index (κ3) is 4.13. The van der Waals surface area contributed by atoms with Crippen molar-refractivity contribution in [3.05, 3.63) is 46.0 Å². The molecule has 6 heteroatoms. The Hall–Kier alpha value is -2.21. The van der Waals surface area contributed by atoms with Crippen molar-refractivity contribution < 1.29 is 14.8 Å². The lowest BCUT2D eigenvalue weighted by molar-refractivity contribution is -0.384. The summed E-state index contributed by atoms with van der Waals surface area (Å²) in [5, 5.41) is 19.8. The number of aliphatic hydroxyl groups excluding tert-OH is 1. The summed E-state index contributed by atoms with van der Waals surface area (Å²) in [5.41, 5.74) is 0.764. The van der Waals surface area contributed by atoms with Gasteiger partial charge in [0.25, 0.3) is 5.69 Å². The van der Waals surface area contributed by atoms with Gasteiger partial charge in [-0.2, -0.15) is 0 Å². The highest BCUT2D eigenvalue weighted by Crippen LogP contribution is 2.27. The molecule has 1 aromatic carbocycles. The van der Waals surface area contributed by atoms with E-state index in [-0.39, 0.29) is 17.7 Å². The predicted octanol–water partition coefficient (Wildman–Crippen LogP) is 1.84. The van der Waals surface area contributed by atoms with Gasteiger partial charge in [0.2, 0.25) is 5.91 Å². The van der Waals surface area contributed by atoms with E-state index in [1.807, 2.05) is 0 Å². The molecule has 0 heterocycles. The number of carbonyl (C=O) groups excluding carboxylic acids is 1. The van der Waals surface area contributed by atoms with E-state index in [1.54, 1.807) is 30.2 Å². The third-order valence-electron chi connectivity index (χ3n) is 3.64. The van der Waals surface area contributed by atoms with Crippen LogP contribution in [0.3, 0.4) is 0 Å². The molecular formula is C15H18N2O4. The highest BCUT2D eigenvalue weighted by Gasteiger charge is 2.28. The number of hydrogen-bond acceptors (Lipinski definition) is 4. The molecular weight excluding hydrogens is 272 g/mol. The topological polar surface area (TPSA) is 83.7 Å². The normalized spacial score (nSPS) is 21.0. The highest BCUT2D eigenvalue weighted by atomic mass is 16.6. The van der Waals surface area contributed by atoms with Gasteiger partial charge in [-0.05, 0) is 42.5 Å². The Morgan fingerprint density at radius 3 is 2.57 bits per heavy atom. The molecule has 112 valence electrons. The van der Waals surface area contributed by atoms with E-state index in [0.717, 1.165) is 18.4 Å². The van der Waals surface area contributed by atoms with Crippen molar-refractivity contribution in [2.45, 2.75) is 18.9 Å². The third-order valence-corrected chi connectivity index (χ3v) is 3.64. The van der Waals surface area contributed by atoms with Crippen molar-refractivity contribution in [1.29, 1.82) is 0 Å². The van der Waals surface area contributed by atoms with Crippen molar-refractivity contribution in [3.8, 4) is 0 Å². The molecule has 1 saturated carbocycles. The molecule has 6 nitrogen and oxygen atoms in total. The second kappa shape index (κ2) is 6.49. The molecule has 0 saturated heterocycles. The van der Waals surface area contributed by atoms with Crippen LogP contribution in [0.5, 0.6) is 0 Å². The van der Waals surface area contributed by atoms with Crippen LogP contribution in [0.25, 0.3) is 6.08 Å². The molecule has 1 aliphatic carbocycles. The number of rotatable bonds is 5. The average molecular weight is 290 g/mol. The molecule has 1 aromatic rings. The molecule has 1 fully saturated rings. The van der Waals surface area contributed by atoms with Gasteiger partial charge < -0.3 is 10.0 Å². The standard InChI is InChI=1S/C15H18N2O4/c1-16(10-12-8-14(18)9-12)15(19)7-4-11-2-5-13(6-3-11)17(20)21/h2-7,12,14,18H,8-10H2,1H3. The SMILES string of the molecule is CN(CC1CC(O)C1)C(=O)C=Cc1ccc([N+](=O)[O-])cc1. The molecule has 1 N–H and O–H groups in total. The molecule has 0 atom stereocenters. The van der Waals surface area contributed by atoms with Gasteiger partial charge in [-0.25, -0.2) is 0 Å². The van der Waals surface area contributed by atoms with E-state index in [0.29, 0.717) is 12.5 Å². The Labute approximate surface area is 122 Å². The number of carbonyl (C=O) groups is 1. The quantitative estimate of drug-likeness (QED) is 0.509. The molecule has 0 radical (unpaired) electrons. The van der Waals surface area contributed by atoms with E-state index >= 15 is 0 Å². The molecule has 21 heavy (non-hydrogen) atoms. The van der Waals surface area contributed by atoms with E-state index in [1.165, 1.54) is 18.2 Å². The Bertz CT molecular complexity index is 547. The van der Waals surface area contributed by atoms with Gasteiger partial charge in [0.05, 0.1) is 11.0 Å². The van der Waals surface area contributed by atoms with Crippen LogP contribution in [-0.4, -0.2) is 40.5 Å². The lowest BCUT2D eigenvalue weighted by Crippen LogP contribution is -2.38. The van der Waals surface area contributed by atoms with Crippen molar-refractivity contribution in [2.24, 2.45) is 5.92 Å². The van der Waals surface area contributed by atoms with Gasteiger partial charge in [-0.15, -0.1) is 0 Å². The van der Waals surface area contributed by atoms with E-state index < -0.39 is 4.92 Å². The second-order valence-electron chi connectivity index (χ2n) is 5.39. The molecule has 0 aromatic heterocycles. The summed E-state index contributed by atoms with van der Waals surface area (Å²) in [7, 11) is 1.73. The fourth-order valence-electron chi connectivity index (χ4n) is 2.33. The van der Waals surface area contributed by atoms with Crippen LogP contribution in [0.1, 0.15) is 18.4 Å². The lowest BCUT2D eigenvalue weighted by Gasteiger charge is -2.34. The molecule has 0 aliphatic heterocycles. The van der Waals surface area contributed by atoms with Gasteiger partial charge >= 0.3 is 0 Å². The van der Waals surface area contributed by atoms with E-state index in [2.05, 4.69) is 0 Å². The number of aliphatic hydroxyl groups is 1. The maximum atomic E-state index is 11.9. The van der Waals surface area contributed by atoms with E-state index in [9.17, 15) is 20.0 Å². The molecule has 2 rings (SSSR count). The predicted molar refractivity (Wildman–Crippen MR) is 78.5 cm³/mol. The second-order valence-corrected chi connectivity index (χ2v) is 5.39. The van der Waals surface area contributed by atoms with Crippen molar-refractivity contribution in [1.82, 2.24) is 4.90 Å². The summed E-state index contributed by atoms with van der Waals surface area (Å²) >= 11 is 0. The Morgan fingerprint density at radius 2 is 2.05 bits per heavy atom. The number of nitro benzene ring substituents is 1. The summed E-state index contributed by atoms with van der Waals surface area (Å²) in [5.74, 6) is 0.261. The van der Waals surface area contributed by atoms with Crippen LogP contribution in [0.2, 0.25) is 0 Å². The fraction of sp³-hybridized carbons (Fsp3) is 0.400. The van der Waals surface area contributed by atoms with Crippen molar-refractivity contribution in [2.75, 3.05) is 13.6 Å². The maximum Gasteiger partial charge on any atom is 0.269 e. The molecule has 0 bridgehead atoms. The minimum atomic E-state index is -0.459. The minimum absolute atomic E-state index is 0.0270. The smallest absolute Gasteiger partial charge is 0.269 e. The van der Waals surface area contributed by atoms with Crippen LogP contribution in [0.15, 0.2) is 30.3 Å². The van der Waals surface area contributed by atoms with Gasteiger partial charge in [-0.3, -0.25) is 14.9 Å². The number of amides is 1. The van der Waals surface area contributed by atoms with Crippen LogP contribution < -0.4 is 0 Å². The number of non-ortho nitro benzene ring substituents is 1. The Balaban J connectivity index is 1.87. The van der Waals surface area contributed by atoms with Crippen molar-refractivity contribution >= 4 is 17.7 Å². The average Bonchev–Trinajstić information content (AvgIpc) is 2.43. The molecule has 0 spiro atoms. The zero-order valence-corrected chi connectivity index (χ0v) is 11.8. The molecule has 1 amide bonds. The summed E-state index contributed by atoms with van der Waals surface area (Å²) in [6.45, 7) is 0.639. The minimum Gasteiger partial charge on any atom is -0.393 e. The number of nitro groups is 1. The number of benzene rings is 1. The van der Waals surface area contributed by atoms with Gasteiger partial charge in [0.1, 0.15) is 0 Å². The first-order valence-electron chi connectivity index (χ1n) is 6.81. The summed E-state index contributed by atoms with van der Waals surface area (Å²) < 4.78 is 0. The summed E-state index contributed by atoms with van der Waals surface area (Å²) in [6.07, 6.45) is 4.39. The van der Waals surface area contributed by atoms with E-state index in [4.69, 9.17) is 0 Å². The van der Waals surface area contributed by atoms with Crippen LogP contribution in [0.4, 0.5) is 5.69 Å². The molecule has 1 aliphatic rings. The van der Waals surface area contributed by atoms with Gasteiger partial charge in [-0.1, -0.05) is 0 Å². The van der Waals surface area contributed by atoms with Crippen molar-refractivity contribution in [3.63, 3.8) is 0 Å². The Kier molecular flexibility index (Phi) is 4.70. The number of hydrogen-bond donors (Lipinski definition) is 1. The monoisotopic (exact) mass is 290 g/mol. The van der Waals surface area contributed by atoms with Gasteiger partial charge in [0.15, 0.2) is 0 Å². The summed E-state index contributed by atoms with van der Waals surface area (Å²) in [4.78, 5) is 23.6. The fourth-order valence-corrected chi connectivity index (χ4v) is 2.33. The first-order valence-corrected chi connectivity index (χ1v) is 6.81. The zero-order chi connectivity index (χ0) is 15.4. The number of likely N-dealkylation sites (N-methyl/N-ethyl adjacent to an activating group) is 1. The molecule has 0 unspecified atom stereocenters.